The molecule has 0 radical (unpaired) electrons. The smallest absolute Gasteiger partial charge is 0.744 e. The molecule has 0 saturated carbocycles. The van der Waals surface area contributed by atoms with Crippen molar-refractivity contribution in [3.05, 3.63) is 81.4 Å². The normalized spacial score (nSPS) is 12.6. The molecule has 4 rings (SSSR count). The summed E-state index contributed by atoms with van der Waals surface area (Å²) in [5.74, 6) is -1.08. The van der Waals surface area contributed by atoms with Crippen LogP contribution < -0.4 is 29.9 Å². The van der Waals surface area contributed by atoms with Crippen LogP contribution in [0.15, 0.2) is 47.4 Å². The maximum Gasteiger partial charge on any atom is 1.00 e. The quantitative estimate of drug-likeness (QED) is 0.270. The average Bonchev–Trinajstić information content (AvgIpc) is 2.68. The topological polar surface area (TPSA) is 129 Å². The molecule has 0 unspecified atom stereocenters. The molecule has 0 aromatic heterocycles. The van der Waals surface area contributed by atoms with Gasteiger partial charge in [0.25, 0.3) is 0 Å². The van der Waals surface area contributed by atoms with Crippen molar-refractivity contribution in [2.24, 2.45) is 0 Å². The first-order valence-electron chi connectivity index (χ1n) is 9.46. The van der Waals surface area contributed by atoms with Crippen LogP contribution in [0.3, 0.4) is 0 Å². The van der Waals surface area contributed by atoms with Gasteiger partial charge in [-0.1, -0.05) is 42.0 Å². The number of hydrogen-bond donors (Lipinski definition) is 2. The fraction of sp³-hybridized carbons (Fsp3) is 0.130. The molecule has 3 aromatic carbocycles. The van der Waals surface area contributed by atoms with Crippen molar-refractivity contribution in [1.29, 1.82) is 0 Å². The molecule has 0 fully saturated rings. The average molecular weight is 442 g/mol. The number of carbonyl (C=O) groups excluding carboxylic acids is 2. The number of nitrogens with one attached hydrogen (secondary N) is 1. The Bertz CT molecular complexity index is 1390. The van der Waals surface area contributed by atoms with Gasteiger partial charge in [-0.2, -0.15) is 0 Å². The van der Waals surface area contributed by atoms with E-state index >= 15 is 0 Å². The molecule has 0 spiro atoms. The molecule has 0 bridgehead atoms. The van der Waals surface area contributed by atoms with Crippen LogP contribution in [0, 0.1) is 20.8 Å². The van der Waals surface area contributed by atoms with Gasteiger partial charge in [0.2, 0.25) is 0 Å². The Kier molecular flexibility index (Phi) is 6.11. The summed E-state index contributed by atoms with van der Waals surface area (Å²) in [5.41, 5.74) is 8.85. The van der Waals surface area contributed by atoms with Crippen LogP contribution in [-0.2, 0) is 10.1 Å². The molecule has 32 heavy (non-hydrogen) atoms. The number of nitrogens with two attached hydrogens (primary N) is 1. The number of rotatable bonds is 3. The Morgan fingerprint density at radius 1 is 0.875 bits per heavy atom. The first kappa shape index (κ1) is 23.8. The van der Waals surface area contributed by atoms with E-state index in [1.807, 2.05) is 32.9 Å². The number of carbonyl (C=O) groups is 2. The van der Waals surface area contributed by atoms with E-state index in [9.17, 15) is 22.6 Å². The summed E-state index contributed by atoms with van der Waals surface area (Å²) in [5, 5.41) is 3.09. The Labute approximate surface area is 198 Å². The van der Waals surface area contributed by atoms with Crippen molar-refractivity contribution < 1.29 is 41.4 Å². The monoisotopic (exact) mass is 442 g/mol. The third kappa shape index (κ3) is 3.76. The van der Waals surface area contributed by atoms with Gasteiger partial charge in [-0.3, -0.25) is 9.59 Å². The minimum atomic E-state index is -5.01. The summed E-state index contributed by atoms with van der Waals surface area (Å²) in [6, 6.07) is 11.1. The van der Waals surface area contributed by atoms with E-state index in [-0.39, 0.29) is 46.8 Å². The van der Waals surface area contributed by atoms with Crippen molar-refractivity contribution in [2.75, 3.05) is 11.1 Å². The number of hydrogen-bond acceptors (Lipinski definition) is 7. The van der Waals surface area contributed by atoms with Gasteiger partial charge in [0, 0.05) is 16.8 Å². The zero-order chi connectivity index (χ0) is 22.7. The Hall–Kier alpha value is -2.89. The molecular formula is C23H19LiN2O5S. The third-order valence-corrected chi connectivity index (χ3v) is 6.28. The molecule has 0 amide bonds. The summed E-state index contributed by atoms with van der Waals surface area (Å²) in [4.78, 5) is 25.8. The second kappa shape index (κ2) is 8.23. The van der Waals surface area contributed by atoms with Gasteiger partial charge in [-0.05, 0) is 38.0 Å². The Morgan fingerprint density at radius 3 is 1.88 bits per heavy atom. The van der Waals surface area contributed by atoms with Gasteiger partial charge >= 0.3 is 18.9 Å². The van der Waals surface area contributed by atoms with E-state index in [1.54, 1.807) is 12.1 Å². The number of fused-ring (bicyclic) bond motifs is 2. The van der Waals surface area contributed by atoms with Crippen LogP contribution in [0.2, 0.25) is 0 Å². The van der Waals surface area contributed by atoms with E-state index in [0.717, 1.165) is 22.8 Å². The van der Waals surface area contributed by atoms with Crippen molar-refractivity contribution in [3.63, 3.8) is 0 Å². The number of benzene rings is 3. The Morgan fingerprint density at radius 2 is 1.38 bits per heavy atom. The minimum absolute atomic E-state index is 0. The molecule has 0 saturated heterocycles. The van der Waals surface area contributed by atoms with Gasteiger partial charge < -0.3 is 15.6 Å². The molecular weight excluding hydrogens is 423 g/mol. The molecule has 0 aliphatic heterocycles. The minimum Gasteiger partial charge on any atom is -0.744 e. The molecule has 0 heterocycles. The first-order chi connectivity index (χ1) is 14.5. The zero-order valence-corrected chi connectivity index (χ0v) is 18.9. The van der Waals surface area contributed by atoms with Gasteiger partial charge in [0.1, 0.15) is 10.1 Å². The molecule has 3 aromatic rings. The van der Waals surface area contributed by atoms with Gasteiger partial charge in [-0.15, -0.1) is 0 Å². The zero-order valence-electron chi connectivity index (χ0n) is 18.1. The number of nitrogen functional groups attached to an aromatic ring is 1. The van der Waals surface area contributed by atoms with Crippen LogP contribution in [0.4, 0.5) is 17.1 Å². The van der Waals surface area contributed by atoms with Gasteiger partial charge in [0.05, 0.1) is 27.4 Å². The van der Waals surface area contributed by atoms with Crippen molar-refractivity contribution in [2.45, 2.75) is 25.7 Å². The van der Waals surface area contributed by atoms with E-state index in [1.165, 1.54) is 12.1 Å². The second-order valence-electron chi connectivity index (χ2n) is 7.64. The van der Waals surface area contributed by atoms with E-state index in [4.69, 9.17) is 5.73 Å². The maximum absolute atomic E-state index is 13.3. The number of anilines is 3. The van der Waals surface area contributed by atoms with Crippen LogP contribution in [0.5, 0.6) is 0 Å². The molecule has 1 aliphatic rings. The number of ketones is 2. The first-order valence-corrected chi connectivity index (χ1v) is 10.9. The van der Waals surface area contributed by atoms with Crippen molar-refractivity contribution in [3.8, 4) is 0 Å². The van der Waals surface area contributed by atoms with E-state index in [2.05, 4.69) is 5.32 Å². The maximum atomic E-state index is 13.3. The SMILES string of the molecule is Cc1cc(C)c(Nc2cc(S(=O)(=O)[O-])c(N)c3c2C(=O)c2ccccc2C3=O)c(C)c1.[Li+]. The fourth-order valence-corrected chi connectivity index (χ4v) is 4.74. The fourth-order valence-electron chi connectivity index (χ4n) is 4.11. The van der Waals surface area contributed by atoms with Crippen LogP contribution in [0.25, 0.3) is 0 Å². The third-order valence-electron chi connectivity index (χ3n) is 5.41. The molecule has 7 nitrogen and oxygen atoms in total. The number of aryl methyl sites for hydroxylation is 3. The standard InChI is InChI=1S/C23H20N2O5S.Li/c1-11-8-12(2)21(13(3)9-11)25-16-10-17(31(28,29)30)20(24)19-18(16)22(26)14-6-4-5-7-15(14)23(19)27;/h4-10,25H,24H2,1-3H3,(H,28,29,30);/q;+1/p-1. The predicted molar refractivity (Wildman–Crippen MR) is 116 cm³/mol. The summed E-state index contributed by atoms with van der Waals surface area (Å²) in [6.45, 7) is 5.66. The van der Waals surface area contributed by atoms with Gasteiger partial charge in [0.15, 0.2) is 11.6 Å². The van der Waals surface area contributed by atoms with Crippen molar-refractivity contribution in [1.82, 2.24) is 0 Å². The largest absolute Gasteiger partial charge is 1.00 e. The summed E-state index contributed by atoms with van der Waals surface area (Å²) < 4.78 is 35.7. The summed E-state index contributed by atoms with van der Waals surface area (Å²) in [6.07, 6.45) is 0. The van der Waals surface area contributed by atoms with Crippen LogP contribution >= 0.6 is 0 Å². The molecule has 9 heteroatoms. The molecule has 3 N–H and O–H groups in total. The van der Waals surface area contributed by atoms with E-state index in [0.29, 0.717) is 5.69 Å². The van der Waals surface area contributed by atoms with E-state index < -0.39 is 32.3 Å². The summed E-state index contributed by atoms with van der Waals surface area (Å²) >= 11 is 0. The second-order valence-corrected chi connectivity index (χ2v) is 8.99. The molecule has 1 aliphatic carbocycles. The van der Waals surface area contributed by atoms with Crippen LogP contribution in [0.1, 0.15) is 48.5 Å². The molecule has 0 atom stereocenters. The Balaban J connectivity index is 0.00000289. The molecule has 158 valence electrons. The van der Waals surface area contributed by atoms with Crippen LogP contribution in [-0.4, -0.2) is 24.5 Å². The summed E-state index contributed by atoms with van der Waals surface area (Å²) in [7, 11) is -5.01. The van der Waals surface area contributed by atoms with Gasteiger partial charge in [-0.25, -0.2) is 8.42 Å². The predicted octanol–water partition coefficient (Wildman–Crippen LogP) is 0.621. The van der Waals surface area contributed by atoms with Crippen molar-refractivity contribution >= 4 is 38.7 Å².